The summed E-state index contributed by atoms with van der Waals surface area (Å²) in [5, 5.41) is 0. The Bertz CT molecular complexity index is 881. The van der Waals surface area contributed by atoms with Crippen molar-refractivity contribution in [1.29, 1.82) is 0 Å². The number of fused-ring (bicyclic) bond motifs is 1. The second-order valence-electron chi connectivity index (χ2n) is 5.94. The highest BCUT2D eigenvalue weighted by atomic mass is 79.9. The molecule has 0 unspecified atom stereocenters. The van der Waals surface area contributed by atoms with Crippen molar-refractivity contribution in [2.24, 2.45) is 0 Å². The van der Waals surface area contributed by atoms with Crippen molar-refractivity contribution < 1.29 is 0 Å². The maximum absolute atomic E-state index is 4.77. The summed E-state index contributed by atoms with van der Waals surface area (Å²) in [5.41, 5.74) is 4.56. The average molecular weight is 461 g/mol. The molecule has 3 aromatic rings. The van der Waals surface area contributed by atoms with Crippen molar-refractivity contribution in [3.8, 4) is 11.4 Å². The standard InChI is InChI=1S/C18H15Br2N5/c19-15-8-22-9-16(20)14(15)11-25-6-3-17-13(10-25)7-23-18(24-17)12-1-4-21-5-2-12/h1-2,4-5,7-9H,3,6,10-11H2. The monoisotopic (exact) mass is 459 g/mol. The number of hydrogen-bond acceptors (Lipinski definition) is 5. The second-order valence-corrected chi connectivity index (χ2v) is 7.65. The predicted octanol–water partition coefficient (Wildman–Crippen LogP) is 4.02. The first-order valence-corrected chi connectivity index (χ1v) is 9.55. The van der Waals surface area contributed by atoms with Crippen LogP contribution in [-0.2, 0) is 19.5 Å². The molecule has 0 aromatic carbocycles. The molecule has 0 saturated heterocycles. The lowest BCUT2D eigenvalue weighted by atomic mass is 10.1. The lowest BCUT2D eigenvalue weighted by Crippen LogP contribution is -2.31. The van der Waals surface area contributed by atoms with E-state index < -0.39 is 0 Å². The Hall–Kier alpha value is -1.70. The molecule has 126 valence electrons. The van der Waals surface area contributed by atoms with Crippen LogP contribution in [0.2, 0.25) is 0 Å². The number of halogens is 2. The molecule has 4 rings (SSSR count). The Morgan fingerprint density at radius 1 is 1.00 bits per heavy atom. The van der Waals surface area contributed by atoms with Gasteiger partial charge in [-0.2, -0.15) is 0 Å². The molecule has 0 aliphatic carbocycles. The number of rotatable bonds is 3. The zero-order chi connectivity index (χ0) is 17.2. The summed E-state index contributed by atoms with van der Waals surface area (Å²) < 4.78 is 2.05. The Labute approximate surface area is 162 Å². The molecule has 0 atom stereocenters. The molecule has 1 aliphatic rings. The Kier molecular flexibility index (Phi) is 4.87. The van der Waals surface area contributed by atoms with Gasteiger partial charge in [0.05, 0.1) is 5.69 Å². The van der Waals surface area contributed by atoms with Crippen LogP contribution < -0.4 is 0 Å². The predicted molar refractivity (Wildman–Crippen MR) is 103 cm³/mol. The molecule has 0 N–H and O–H groups in total. The highest BCUT2D eigenvalue weighted by Crippen LogP contribution is 2.28. The van der Waals surface area contributed by atoms with Crippen molar-refractivity contribution >= 4 is 31.9 Å². The molecule has 0 saturated carbocycles. The second kappa shape index (κ2) is 7.27. The zero-order valence-electron chi connectivity index (χ0n) is 13.4. The third kappa shape index (κ3) is 3.63. The summed E-state index contributed by atoms with van der Waals surface area (Å²) in [7, 11) is 0. The van der Waals surface area contributed by atoms with Gasteiger partial charge in [-0.15, -0.1) is 0 Å². The van der Waals surface area contributed by atoms with Crippen LogP contribution >= 0.6 is 31.9 Å². The van der Waals surface area contributed by atoms with E-state index in [-0.39, 0.29) is 0 Å². The molecular formula is C18H15Br2N5. The number of aromatic nitrogens is 4. The molecule has 1 aliphatic heterocycles. The first kappa shape index (κ1) is 16.8. The van der Waals surface area contributed by atoms with Crippen LogP contribution in [0.15, 0.2) is 52.1 Å². The largest absolute Gasteiger partial charge is 0.294 e. The van der Waals surface area contributed by atoms with Crippen molar-refractivity contribution in [1.82, 2.24) is 24.8 Å². The number of pyridine rings is 2. The summed E-state index contributed by atoms with van der Waals surface area (Å²) in [6.07, 6.45) is 10.1. The third-order valence-corrected chi connectivity index (χ3v) is 5.65. The van der Waals surface area contributed by atoms with Gasteiger partial charge in [-0.1, -0.05) is 0 Å². The fourth-order valence-electron chi connectivity index (χ4n) is 2.96. The molecule has 7 heteroatoms. The first-order valence-electron chi connectivity index (χ1n) is 7.96. The van der Waals surface area contributed by atoms with Crippen LogP contribution in [0, 0.1) is 0 Å². The van der Waals surface area contributed by atoms with Crippen LogP contribution in [0.5, 0.6) is 0 Å². The van der Waals surface area contributed by atoms with E-state index in [9.17, 15) is 0 Å². The Morgan fingerprint density at radius 2 is 1.76 bits per heavy atom. The quantitative estimate of drug-likeness (QED) is 0.590. The van der Waals surface area contributed by atoms with Crippen molar-refractivity contribution in [2.45, 2.75) is 19.5 Å². The molecule has 4 heterocycles. The average Bonchev–Trinajstić information content (AvgIpc) is 2.65. The van der Waals surface area contributed by atoms with E-state index in [1.807, 2.05) is 30.7 Å². The van der Waals surface area contributed by atoms with Crippen LogP contribution in [0.4, 0.5) is 0 Å². The molecule has 5 nitrogen and oxygen atoms in total. The van der Waals surface area contributed by atoms with Crippen molar-refractivity contribution in [3.63, 3.8) is 0 Å². The molecule has 3 aromatic heterocycles. The SMILES string of the molecule is Brc1cncc(Br)c1CN1CCc2nc(-c3ccncc3)ncc2C1. The van der Waals surface area contributed by atoms with E-state index >= 15 is 0 Å². The van der Waals surface area contributed by atoms with Crippen LogP contribution in [0.3, 0.4) is 0 Å². The Morgan fingerprint density at radius 3 is 2.52 bits per heavy atom. The fraction of sp³-hybridized carbons (Fsp3) is 0.222. The molecule has 0 radical (unpaired) electrons. The summed E-state index contributed by atoms with van der Waals surface area (Å²) in [4.78, 5) is 19.9. The molecular weight excluding hydrogens is 446 g/mol. The van der Waals surface area contributed by atoms with Gasteiger partial charge in [0, 0.05) is 77.1 Å². The van der Waals surface area contributed by atoms with Crippen LogP contribution in [0.25, 0.3) is 11.4 Å². The van der Waals surface area contributed by atoms with E-state index in [0.717, 1.165) is 52.1 Å². The van der Waals surface area contributed by atoms with Gasteiger partial charge in [0.15, 0.2) is 5.82 Å². The first-order chi connectivity index (χ1) is 12.2. The molecule has 0 spiro atoms. The minimum absolute atomic E-state index is 0.772. The van der Waals surface area contributed by atoms with Gasteiger partial charge < -0.3 is 0 Å². The summed E-state index contributed by atoms with van der Waals surface area (Å²) in [5.74, 6) is 0.772. The highest BCUT2D eigenvalue weighted by molar-refractivity contribution is 9.11. The lowest BCUT2D eigenvalue weighted by molar-refractivity contribution is 0.242. The molecule has 0 bridgehead atoms. The summed E-state index contributed by atoms with van der Waals surface area (Å²) >= 11 is 7.18. The van der Waals surface area contributed by atoms with E-state index in [2.05, 4.69) is 51.7 Å². The van der Waals surface area contributed by atoms with Crippen molar-refractivity contribution in [3.05, 3.63) is 68.9 Å². The maximum Gasteiger partial charge on any atom is 0.159 e. The highest BCUT2D eigenvalue weighted by Gasteiger charge is 2.20. The molecule has 25 heavy (non-hydrogen) atoms. The summed E-state index contributed by atoms with van der Waals surface area (Å²) in [6.45, 7) is 2.68. The topological polar surface area (TPSA) is 54.8 Å². The van der Waals surface area contributed by atoms with E-state index in [1.54, 1.807) is 12.4 Å². The van der Waals surface area contributed by atoms with Crippen LogP contribution in [-0.4, -0.2) is 31.4 Å². The van der Waals surface area contributed by atoms with Gasteiger partial charge in [-0.05, 0) is 49.6 Å². The van der Waals surface area contributed by atoms with Gasteiger partial charge >= 0.3 is 0 Å². The van der Waals surface area contributed by atoms with E-state index in [1.165, 1.54) is 11.1 Å². The normalized spacial score (nSPS) is 14.3. The fourth-order valence-corrected chi connectivity index (χ4v) is 4.14. The maximum atomic E-state index is 4.77. The number of hydrogen-bond donors (Lipinski definition) is 0. The zero-order valence-corrected chi connectivity index (χ0v) is 16.5. The van der Waals surface area contributed by atoms with E-state index in [4.69, 9.17) is 4.98 Å². The minimum atomic E-state index is 0.772. The van der Waals surface area contributed by atoms with Gasteiger partial charge in [-0.25, -0.2) is 9.97 Å². The third-order valence-electron chi connectivity index (χ3n) is 4.29. The summed E-state index contributed by atoms with van der Waals surface area (Å²) in [6, 6.07) is 3.88. The minimum Gasteiger partial charge on any atom is -0.294 e. The van der Waals surface area contributed by atoms with Gasteiger partial charge in [0.1, 0.15) is 0 Å². The molecule has 0 amide bonds. The van der Waals surface area contributed by atoms with Crippen LogP contribution in [0.1, 0.15) is 16.8 Å². The van der Waals surface area contributed by atoms with Gasteiger partial charge in [-0.3, -0.25) is 14.9 Å². The van der Waals surface area contributed by atoms with E-state index in [0.29, 0.717) is 0 Å². The smallest absolute Gasteiger partial charge is 0.159 e. The van der Waals surface area contributed by atoms with Gasteiger partial charge in [0.2, 0.25) is 0 Å². The Balaban J connectivity index is 1.54. The van der Waals surface area contributed by atoms with Gasteiger partial charge in [0.25, 0.3) is 0 Å². The lowest BCUT2D eigenvalue weighted by Gasteiger charge is -2.28. The van der Waals surface area contributed by atoms with Crippen molar-refractivity contribution in [2.75, 3.05) is 6.54 Å². The molecule has 0 fully saturated rings. The number of nitrogens with zero attached hydrogens (tertiary/aromatic N) is 5.